The van der Waals surface area contributed by atoms with Gasteiger partial charge in [-0.3, -0.25) is 9.78 Å². The highest BCUT2D eigenvalue weighted by molar-refractivity contribution is 5.86. The van der Waals surface area contributed by atoms with Gasteiger partial charge in [0, 0.05) is 18.1 Å². The molecule has 0 aliphatic heterocycles. The van der Waals surface area contributed by atoms with Crippen molar-refractivity contribution < 1.29 is 9.53 Å². The van der Waals surface area contributed by atoms with Crippen LogP contribution >= 0.6 is 0 Å². The number of rotatable bonds is 6. The highest BCUT2D eigenvalue weighted by Gasteiger charge is 2.15. The van der Waals surface area contributed by atoms with Gasteiger partial charge in [-0.1, -0.05) is 36.4 Å². The maximum absolute atomic E-state index is 12.6. The normalized spacial score (nSPS) is 10.7. The van der Waals surface area contributed by atoms with Crippen molar-refractivity contribution in [2.24, 2.45) is 0 Å². The van der Waals surface area contributed by atoms with Crippen LogP contribution in [0.15, 0.2) is 54.6 Å². The van der Waals surface area contributed by atoms with E-state index in [0.717, 1.165) is 33.5 Å². The molecule has 0 bridgehead atoms. The van der Waals surface area contributed by atoms with Crippen molar-refractivity contribution >= 4 is 16.8 Å². The molecule has 0 fully saturated rings. The van der Waals surface area contributed by atoms with E-state index < -0.39 is 0 Å². The number of aromatic nitrogens is 1. The number of hydrogen-bond acceptors (Lipinski definition) is 3. The molecule has 0 atom stereocenters. The van der Waals surface area contributed by atoms with Crippen molar-refractivity contribution in [3.63, 3.8) is 0 Å². The number of aryl methyl sites for hydroxylation is 2. The zero-order valence-electron chi connectivity index (χ0n) is 15.5. The minimum Gasteiger partial charge on any atom is -0.492 e. The number of benzene rings is 2. The quantitative estimate of drug-likeness (QED) is 0.678. The molecule has 3 aromatic rings. The highest BCUT2D eigenvalue weighted by Crippen LogP contribution is 2.23. The monoisotopic (exact) mass is 348 g/mol. The molecule has 134 valence electrons. The molecule has 1 heterocycles. The zero-order valence-corrected chi connectivity index (χ0v) is 15.5. The smallest absolute Gasteiger partial charge is 0.226 e. The first-order chi connectivity index (χ1) is 12.6. The summed E-state index contributed by atoms with van der Waals surface area (Å²) in [5.74, 6) is 0.892. The second kappa shape index (κ2) is 8.00. The Bertz CT molecular complexity index is 907. The number of amides is 1. The number of carbonyl (C=O) groups excluding carboxylic acids is 1. The van der Waals surface area contributed by atoms with Crippen molar-refractivity contribution in [2.75, 3.05) is 20.2 Å². The van der Waals surface area contributed by atoms with Gasteiger partial charge in [0.1, 0.15) is 12.4 Å². The Morgan fingerprint density at radius 1 is 1.04 bits per heavy atom. The van der Waals surface area contributed by atoms with Gasteiger partial charge in [-0.15, -0.1) is 0 Å². The van der Waals surface area contributed by atoms with Crippen molar-refractivity contribution in [3.8, 4) is 5.75 Å². The summed E-state index contributed by atoms with van der Waals surface area (Å²) in [7, 11) is 1.82. The van der Waals surface area contributed by atoms with E-state index in [0.29, 0.717) is 19.6 Å². The number of para-hydroxylation sites is 2. The molecule has 1 amide bonds. The Hall–Kier alpha value is -2.88. The van der Waals surface area contributed by atoms with E-state index >= 15 is 0 Å². The van der Waals surface area contributed by atoms with Crippen LogP contribution in [0.5, 0.6) is 5.75 Å². The van der Waals surface area contributed by atoms with E-state index in [1.807, 2.05) is 62.5 Å². The third kappa shape index (κ3) is 4.02. The van der Waals surface area contributed by atoms with Gasteiger partial charge < -0.3 is 9.64 Å². The van der Waals surface area contributed by atoms with Gasteiger partial charge in [0.05, 0.1) is 18.5 Å². The molecule has 26 heavy (non-hydrogen) atoms. The molecule has 0 spiro atoms. The average molecular weight is 348 g/mol. The number of hydrogen-bond donors (Lipinski definition) is 0. The summed E-state index contributed by atoms with van der Waals surface area (Å²) in [6, 6.07) is 17.7. The summed E-state index contributed by atoms with van der Waals surface area (Å²) in [6.07, 6.45) is 0.358. The predicted molar refractivity (Wildman–Crippen MR) is 104 cm³/mol. The highest BCUT2D eigenvalue weighted by atomic mass is 16.5. The first kappa shape index (κ1) is 17.9. The zero-order chi connectivity index (χ0) is 18.5. The SMILES string of the molecule is Cc1nc2ccccc2c(C)c1CC(=O)N(C)CCOc1ccccc1. The number of likely N-dealkylation sites (N-methyl/N-ethyl adjacent to an activating group) is 1. The van der Waals surface area contributed by atoms with E-state index in [-0.39, 0.29) is 5.91 Å². The van der Waals surface area contributed by atoms with E-state index in [1.165, 1.54) is 0 Å². The topological polar surface area (TPSA) is 42.4 Å². The van der Waals surface area contributed by atoms with Gasteiger partial charge in [0.2, 0.25) is 5.91 Å². The molecule has 3 rings (SSSR count). The molecule has 0 saturated carbocycles. The second-order valence-electron chi connectivity index (χ2n) is 6.47. The van der Waals surface area contributed by atoms with E-state index in [1.54, 1.807) is 4.90 Å². The van der Waals surface area contributed by atoms with Crippen LogP contribution in [0, 0.1) is 13.8 Å². The summed E-state index contributed by atoms with van der Waals surface area (Å²) in [5, 5.41) is 1.11. The van der Waals surface area contributed by atoms with Crippen LogP contribution < -0.4 is 4.74 Å². The Balaban J connectivity index is 1.64. The number of ether oxygens (including phenoxy) is 1. The van der Waals surface area contributed by atoms with Crippen LogP contribution in [0.4, 0.5) is 0 Å². The van der Waals surface area contributed by atoms with Crippen LogP contribution in [-0.4, -0.2) is 36.0 Å². The molecule has 0 aliphatic rings. The van der Waals surface area contributed by atoms with Crippen LogP contribution in [0.2, 0.25) is 0 Å². The van der Waals surface area contributed by atoms with E-state index in [4.69, 9.17) is 4.74 Å². The van der Waals surface area contributed by atoms with E-state index in [9.17, 15) is 4.79 Å². The second-order valence-corrected chi connectivity index (χ2v) is 6.47. The molecule has 0 unspecified atom stereocenters. The summed E-state index contributed by atoms with van der Waals surface area (Å²) in [5.41, 5.74) is 4.05. The van der Waals surface area contributed by atoms with Gasteiger partial charge in [-0.25, -0.2) is 0 Å². The summed E-state index contributed by atoms with van der Waals surface area (Å²) < 4.78 is 5.68. The van der Waals surface area contributed by atoms with Crippen molar-refractivity contribution in [3.05, 3.63) is 71.4 Å². The Morgan fingerprint density at radius 2 is 1.73 bits per heavy atom. The third-order valence-corrected chi connectivity index (χ3v) is 4.68. The maximum Gasteiger partial charge on any atom is 0.226 e. The van der Waals surface area contributed by atoms with Gasteiger partial charge >= 0.3 is 0 Å². The lowest BCUT2D eigenvalue weighted by atomic mass is 9.99. The Labute approximate surface area is 154 Å². The first-order valence-electron chi connectivity index (χ1n) is 8.83. The average Bonchev–Trinajstić information content (AvgIpc) is 2.65. The lowest BCUT2D eigenvalue weighted by Crippen LogP contribution is -2.32. The standard InChI is InChI=1S/C22H24N2O2/c1-16-19-11-7-8-12-21(19)23-17(2)20(16)15-22(25)24(3)13-14-26-18-9-5-4-6-10-18/h4-12H,13-15H2,1-3H3. The third-order valence-electron chi connectivity index (χ3n) is 4.68. The largest absolute Gasteiger partial charge is 0.492 e. The van der Waals surface area contributed by atoms with Crippen LogP contribution in [-0.2, 0) is 11.2 Å². The van der Waals surface area contributed by atoms with Crippen LogP contribution in [0.3, 0.4) is 0 Å². The number of carbonyl (C=O) groups is 1. The fraction of sp³-hybridized carbons (Fsp3) is 0.273. The maximum atomic E-state index is 12.6. The summed E-state index contributed by atoms with van der Waals surface area (Å²) in [4.78, 5) is 19.0. The van der Waals surface area contributed by atoms with Gasteiger partial charge in [0.25, 0.3) is 0 Å². The Morgan fingerprint density at radius 3 is 2.50 bits per heavy atom. The fourth-order valence-electron chi connectivity index (χ4n) is 3.06. The molecule has 4 nitrogen and oxygen atoms in total. The first-order valence-corrected chi connectivity index (χ1v) is 8.83. The summed E-state index contributed by atoms with van der Waals surface area (Å²) in [6.45, 7) is 5.06. The predicted octanol–water partition coefficient (Wildman–Crippen LogP) is 3.93. The molecular formula is C22H24N2O2. The number of nitrogens with zero attached hydrogens (tertiary/aromatic N) is 2. The minimum atomic E-state index is 0.0740. The van der Waals surface area contributed by atoms with E-state index in [2.05, 4.69) is 18.0 Å². The molecule has 0 N–H and O–H groups in total. The number of fused-ring (bicyclic) bond motifs is 1. The van der Waals surface area contributed by atoms with Gasteiger partial charge in [-0.05, 0) is 43.2 Å². The fourth-order valence-corrected chi connectivity index (χ4v) is 3.06. The molecule has 0 radical (unpaired) electrons. The van der Waals surface area contributed by atoms with Crippen molar-refractivity contribution in [2.45, 2.75) is 20.3 Å². The van der Waals surface area contributed by atoms with Gasteiger partial charge in [0.15, 0.2) is 0 Å². The van der Waals surface area contributed by atoms with Crippen LogP contribution in [0.1, 0.15) is 16.8 Å². The minimum absolute atomic E-state index is 0.0740. The Kier molecular flexibility index (Phi) is 5.52. The molecule has 1 aromatic heterocycles. The molecule has 4 heteroatoms. The molecular weight excluding hydrogens is 324 g/mol. The lowest BCUT2D eigenvalue weighted by Gasteiger charge is -2.19. The van der Waals surface area contributed by atoms with Crippen molar-refractivity contribution in [1.29, 1.82) is 0 Å². The molecule has 2 aromatic carbocycles. The van der Waals surface area contributed by atoms with Crippen molar-refractivity contribution in [1.82, 2.24) is 9.88 Å². The number of pyridine rings is 1. The lowest BCUT2D eigenvalue weighted by molar-refractivity contribution is -0.129. The summed E-state index contributed by atoms with van der Waals surface area (Å²) >= 11 is 0. The molecule has 0 aliphatic carbocycles. The molecule has 0 saturated heterocycles. The van der Waals surface area contributed by atoms with Gasteiger partial charge in [-0.2, -0.15) is 0 Å². The van der Waals surface area contributed by atoms with Crippen LogP contribution in [0.25, 0.3) is 10.9 Å².